The second-order valence-corrected chi connectivity index (χ2v) is 5.88. The molecule has 1 amide bonds. The minimum atomic E-state index is -4.56. The molecule has 0 spiro atoms. The number of carbonyl (C=O) groups is 1. The van der Waals surface area contributed by atoms with Crippen LogP contribution in [0.25, 0.3) is 17.4 Å². The zero-order valence-electron chi connectivity index (χ0n) is 14.6. The Balaban J connectivity index is 1.81. The van der Waals surface area contributed by atoms with E-state index < -0.39 is 29.0 Å². The molecule has 2 aromatic carbocycles. The van der Waals surface area contributed by atoms with E-state index in [0.29, 0.717) is 0 Å². The van der Waals surface area contributed by atoms with Gasteiger partial charge in [0, 0.05) is 11.8 Å². The van der Waals surface area contributed by atoms with E-state index in [2.05, 4.69) is 5.32 Å². The third-order valence-corrected chi connectivity index (χ3v) is 3.87. The second kappa shape index (κ2) is 8.02. The van der Waals surface area contributed by atoms with E-state index in [1.807, 2.05) is 0 Å². The number of furan rings is 1. The summed E-state index contributed by atoms with van der Waals surface area (Å²) in [7, 11) is 0. The lowest BCUT2D eigenvalue weighted by molar-refractivity contribution is -0.137. The van der Waals surface area contributed by atoms with Gasteiger partial charge < -0.3 is 9.73 Å². The number of nitrogens with one attached hydrogen (secondary N) is 1. The highest BCUT2D eigenvalue weighted by Gasteiger charge is 2.30. The van der Waals surface area contributed by atoms with Crippen LogP contribution in [0, 0.1) is 17.1 Å². The van der Waals surface area contributed by atoms with Gasteiger partial charge in [0.25, 0.3) is 5.91 Å². The number of benzene rings is 2. The van der Waals surface area contributed by atoms with Crippen molar-refractivity contribution in [2.75, 3.05) is 5.32 Å². The topological polar surface area (TPSA) is 66.0 Å². The Morgan fingerprint density at radius 3 is 2.52 bits per heavy atom. The minimum absolute atomic E-state index is 0.110. The van der Waals surface area contributed by atoms with E-state index in [-0.39, 0.29) is 22.8 Å². The third-order valence-electron chi connectivity index (χ3n) is 3.87. The number of hydrogen-bond donors (Lipinski definition) is 1. The van der Waals surface area contributed by atoms with Crippen LogP contribution in [0.3, 0.4) is 0 Å². The molecule has 0 saturated carbocycles. The lowest BCUT2D eigenvalue weighted by Gasteiger charge is -2.09. The van der Waals surface area contributed by atoms with Gasteiger partial charge in [-0.05, 0) is 42.5 Å². The summed E-state index contributed by atoms with van der Waals surface area (Å²) in [5.74, 6) is -1.10. The molecule has 0 bridgehead atoms. The summed E-state index contributed by atoms with van der Waals surface area (Å²) in [6.45, 7) is 0. The van der Waals surface area contributed by atoms with Gasteiger partial charge in [-0.2, -0.15) is 18.4 Å². The van der Waals surface area contributed by atoms with Crippen LogP contribution in [0.4, 0.5) is 23.2 Å². The van der Waals surface area contributed by atoms with Crippen LogP contribution in [0.15, 0.2) is 70.7 Å². The largest absolute Gasteiger partial charge is 0.457 e. The maximum atomic E-state index is 13.8. The molecular weight excluding hydrogens is 388 g/mol. The highest BCUT2D eigenvalue weighted by atomic mass is 19.4. The van der Waals surface area contributed by atoms with Crippen LogP contribution >= 0.6 is 0 Å². The Hall–Kier alpha value is -3.86. The van der Waals surface area contributed by atoms with Gasteiger partial charge in [0.15, 0.2) is 0 Å². The van der Waals surface area contributed by atoms with Gasteiger partial charge in [0.1, 0.15) is 29.0 Å². The minimum Gasteiger partial charge on any atom is -0.457 e. The predicted octanol–water partition coefficient (Wildman–Crippen LogP) is 5.65. The molecule has 0 saturated heterocycles. The number of alkyl halides is 3. The summed E-state index contributed by atoms with van der Waals surface area (Å²) in [6, 6.07) is 14.5. The molecule has 29 heavy (non-hydrogen) atoms. The Bertz CT molecular complexity index is 1120. The maximum absolute atomic E-state index is 13.8. The fourth-order valence-electron chi connectivity index (χ4n) is 2.50. The fourth-order valence-corrected chi connectivity index (χ4v) is 2.50. The number of halogens is 4. The summed E-state index contributed by atoms with van der Waals surface area (Å²) in [4.78, 5) is 12.3. The van der Waals surface area contributed by atoms with Gasteiger partial charge in [0.05, 0.1) is 11.1 Å². The third kappa shape index (κ3) is 4.71. The first-order chi connectivity index (χ1) is 13.8. The van der Waals surface area contributed by atoms with Crippen LogP contribution in [0.2, 0.25) is 0 Å². The van der Waals surface area contributed by atoms with Gasteiger partial charge in [-0.1, -0.05) is 18.2 Å². The van der Waals surface area contributed by atoms with Crippen molar-refractivity contribution in [3.63, 3.8) is 0 Å². The molecule has 1 heterocycles. The molecule has 1 aromatic heterocycles. The average Bonchev–Trinajstić information content (AvgIpc) is 3.14. The number of carbonyl (C=O) groups excluding carboxylic acids is 1. The van der Waals surface area contributed by atoms with Crippen molar-refractivity contribution in [3.05, 3.63) is 83.4 Å². The summed E-state index contributed by atoms with van der Waals surface area (Å²) >= 11 is 0. The van der Waals surface area contributed by atoms with E-state index >= 15 is 0 Å². The zero-order chi connectivity index (χ0) is 21.0. The van der Waals surface area contributed by atoms with Crippen LogP contribution in [-0.4, -0.2) is 5.91 Å². The zero-order valence-corrected chi connectivity index (χ0v) is 14.6. The Kier molecular flexibility index (Phi) is 5.50. The van der Waals surface area contributed by atoms with Crippen LogP contribution in [0.1, 0.15) is 11.3 Å². The quantitative estimate of drug-likeness (QED) is 0.350. The van der Waals surface area contributed by atoms with E-state index in [1.165, 1.54) is 36.4 Å². The molecule has 0 unspecified atom stereocenters. The highest BCUT2D eigenvalue weighted by Crippen LogP contribution is 2.31. The molecule has 8 heteroatoms. The van der Waals surface area contributed by atoms with Gasteiger partial charge in [-0.15, -0.1) is 0 Å². The molecule has 3 rings (SSSR count). The summed E-state index contributed by atoms with van der Waals surface area (Å²) < 4.78 is 57.6. The predicted molar refractivity (Wildman–Crippen MR) is 97.8 cm³/mol. The molecule has 0 atom stereocenters. The number of rotatable bonds is 4. The van der Waals surface area contributed by atoms with Crippen LogP contribution in [0.5, 0.6) is 0 Å². The van der Waals surface area contributed by atoms with Gasteiger partial charge in [-0.3, -0.25) is 4.79 Å². The molecule has 0 fully saturated rings. The van der Waals surface area contributed by atoms with Crippen LogP contribution < -0.4 is 5.32 Å². The van der Waals surface area contributed by atoms with E-state index in [4.69, 9.17) is 4.42 Å². The number of nitrogens with zero attached hydrogens (tertiary/aromatic N) is 1. The maximum Gasteiger partial charge on any atom is 0.416 e. The Labute approximate surface area is 162 Å². The molecule has 0 aliphatic heterocycles. The van der Waals surface area contributed by atoms with Crippen molar-refractivity contribution in [2.24, 2.45) is 0 Å². The monoisotopic (exact) mass is 400 g/mol. The van der Waals surface area contributed by atoms with E-state index in [1.54, 1.807) is 12.1 Å². The van der Waals surface area contributed by atoms with Crippen molar-refractivity contribution in [1.29, 1.82) is 5.26 Å². The average molecular weight is 400 g/mol. The fraction of sp³-hybridized carbons (Fsp3) is 0.0476. The first kappa shape index (κ1) is 19.9. The highest BCUT2D eigenvalue weighted by molar-refractivity contribution is 6.09. The smallest absolute Gasteiger partial charge is 0.416 e. The Morgan fingerprint density at radius 1 is 1.07 bits per heavy atom. The van der Waals surface area contributed by atoms with Crippen molar-refractivity contribution in [3.8, 4) is 17.4 Å². The molecule has 1 N–H and O–H groups in total. The molecule has 0 aliphatic carbocycles. The summed E-state index contributed by atoms with van der Waals surface area (Å²) in [6.07, 6.45) is -3.45. The first-order valence-electron chi connectivity index (χ1n) is 8.23. The van der Waals surface area contributed by atoms with Crippen molar-refractivity contribution in [2.45, 2.75) is 6.18 Å². The number of anilines is 1. The normalized spacial score (nSPS) is 11.8. The summed E-state index contributed by atoms with van der Waals surface area (Å²) in [5.41, 5.74) is -1.23. The van der Waals surface area contributed by atoms with E-state index in [0.717, 1.165) is 24.3 Å². The second-order valence-electron chi connectivity index (χ2n) is 5.88. The standard InChI is InChI=1S/C21H12F4N2O2/c22-18-7-2-1-6-17(18)19-9-8-16(29-19)10-13(12-26)20(28)27-15-5-3-4-14(11-15)21(23,24)25/h1-11H,(H,27,28)/b13-10+. The molecule has 3 aromatic rings. The number of amides is 1. The molecule has 4 nitrogen and oxygen atoms in total. The number of hydrogen-bond acceptors (Lipinski definition) is 3. The molecule has 146 valence electrons. The van der Waals surface area contributed by atoms with Gasteiger partial charge in [-0.25, -0.2) is 4.39 Å². The SMILES string of the molecule is N#C/C(=C\c1ccc(-c2ccccc2F)o1)C(=O)Nc1cccc(C(F)(F)F)c1. The van der Waals surface area contributed by atoms with Crippen molar-refractivity contribution in [1.82, 2.24) is 0 Å². The first-order valence-corrected chi connectivity index (χ1v) is 8.23. The number of nitriles is 1. The summed E-state index contributed by atoms with van der Waals surface area (Å²) in [5, 5.41) is 11.5. The molecular formula is C21H12F4N2O2. The van der Waals surface area contributed by atoms with Crippen LogP contribution in [-0.2, 0) is 11.0 Å². The van der Waals surface area contributed by atoms with Gasteiger partial charge >= 0.3 is 6.18 Å². The van der Waals surface area contributed by atoms with Crippen molar-refractivity contribution < 1.29 is 26.8 Å². The molecule has 0 aliphatic rings. The lowest BCUT2D eigenvalue weighted by Crippen LogP contribution is -2.14. The van der Waals surface area contributed by atoms with Gasteiger partial charge in [0.2, 0.25) is 0 Å². The Morgan fingerprint density at radius 2 is 1.83 bits per heavy atom. The lowest BCUT2D eigenvalue weighted by atomic mass is 10.1. The van der Waals surface area contributed by atoms with E-state index in [9.17, 15) is 27.6 Å². The molecule has 0 radical (unpaired) electrons. The van der Waals surface area contributed by atoms with Crippen molar-refractivity contribution >= 4 is 17.7 Å².